The summed E-state index contributed by atoms with van der Waals surface area (Å²) in [7, 11) is 1.88. The van der Waals surface area contributed by atoms with Gasteiger partial charge in [-0.2, -0.15) is 0 Å². The lowest BCUT2D eigenvalue weighted by Gasteiger charge is -2.35. The van der Waals surface area contributed by atoms with E-state index in [1.807, 2.05) is 18.9 Å². The third kappa shape index (κ3) is 4.64. The number of benzene rings is 1. The van der Waals surface area contributed by atoms with E-state index in [0.29, 0.717) is 12.3 Å². The van der Waals surface area contributed by atoms with Crippen LogP contribution in [0.2, 0.25) is 0 Å². The van der Waals surface area contributed by atoms with E-state index in [1.165, 1.54) is 5.56 Å². The van der Waals surface area contributed by atoms with Crippen molar-refractivity contribution in [3.63, 3.8) is 0 Å². The van der Waals surface area contributed by atoms with Gasteiger partial charge in [-0.1, -0.05) is 30.3 Å². The molecule has 2 fully saturated rings. The molecule has 2 aliphatic rings. The molecule has 2 amide bonds. The molecular formula is C21H31N3O2. The summed E-state index contributed by atoms with van der Waals surface area (Å²) < 4.78 is 0. The number of piperidine rings is 1. The minimum Gasteiger partial charge on any atom is -0.344 e. The number of nitrogens with zero attached hydrogens (tertiary/aromatic N) is 3. The van der Waals surface area contributed by atoms with Crippen molar-refractivity contribution in [1.82, 2.24) is 14.7 Å². The number of carbonyl (C=O) groups is 2. The molecule has 26 heavy (non-hydrogen) atoms. The van der Waals surface area contributed by atoms with Crippen molar-refractivity contribution >= 4 is 11.8 Å². The molecule has 0 saturated carbocycles. The van der Waals surface area contributed by atoms with Crippen LogP contribution in [-0.2, 0) is 16.1 Å². The number of likely N-dealkylation sites (tertiary alicyclic amines) is 2. The van der Waals surface area contributed by atoms with Gasteiger partial charge in [0.15, 0.2) is 0 Å². The lowest BCUT2D eigenvalue weighted by atomic mass is 9.95. The summed E-state index contributed by atoms with van der Waals surface area (Å²) in [6.45, 7) is 6.56. The van der Waals surface area contributed by atoms with Gasteiger partial charge in [0.2, 0.25) is 11.8 Å². The normalized spacial score (nSPS) is 20.4. The Morgan fingerprint density at radius 3 is 2.50 bits per heavy atom. The summed E-state index contributed by atoms with van der Waals surface area (Å²) in [6, 6.07) is 10.3. The van der Waals surface area contributed by atoms with Crippen molar-refractivity contribution in [1.29, 1.82) is 0 Å². The Morgan fingerprint density at radius 1 is 1.19 bits per heavy atom. The Morgan fingerprint density at radius 2 is 1.88 bits per heavy atom. The lowest BCUT2D eigenvalue weighted by Crippen LogP contribution is -2.48. The maximum atomic E-state index is 12.7. The van der Waals surface area contributed by atoms with Gasteiger partial charge in [0.25, 0.3) is 0 Å². The van der Waals surface area contributed by atoms with Gasteiger partial charge in [-0.25, -0.2) is 0 Å². The maximum Gasteiger partial charge on any atom is 0.244 e. The molecule has 2 aliphatic heterocycles. The van der Waals surface area contributed by atoms with E-state index < -0.39 is 0 Å². The molecule has 0 aromatic heterocycles. The molecule has 2 saturated heterocycles. The van der Waals surface area contributed by atoms with Crippen LogP contribution in [0, 0.1) is 5.92 Å². The fraction of sp³-hybridized carbons (Fsp3) is 0.619. The maximum absolute atomic E-state index is 12.7. The largest absolute Gasteiger partial charge is 0.344 e. The van der Waals surface area contributed by atoms with Gasteiger partial charge >= 0.3 is 0 Å². The van der Waals surface area contributed by atoms with Crippen LogP contribution in [0.5, 0.6) is 0 Å². The third-order valence-electron chi connectivity index (χ3n) is 5.80. The number of hydrogen-bond donors (Lipinski definition) is 0. The molecule has 1 aromatic rings. The standard InChI is InChI=1S/C21H31N3O2/c1-17(24-12-6-9-20(24)25)21(26)22(2)15-19-10-13-23(14-11-19)16-18-7-4-3-5-8-18/h3-5,7-8,17,19H,6,9-16H2,1-2H3. The van der Waals surface area contributed by atoms with Crippen LogP contribution in [0.1, 0.15) is 38.2 Å². The second-order valence-corrected chi connectivity index (χ2v) is 7.79. The number of hydrogen-bond acceptors (Lipinski definition) is 3. The summed E-state index contributed by atoms with van der Waals surface area (Å²) in [5, 5.41) is 0. The van der Waals surface area contributed by atoms with Crippen LogP contribution >= 0.6 is 0 Å². The van der Waals surface area contributed by atoms with E-state index in [-0.39, 0.29) is 17.9 Å². The van der Waals surface area contributed by atoms with Crippen molar-refractivity contribution in [3.05, 3.63) is 35.9 Å². The Hall–Kier alpha value is -1.88. The zero-order valence-electron chi connectivity index (χ0n) is 16.1. The highest BCUT2D eigenvalue weighted by atomic mass is 16.2. The van der Waals surface area contributed by atoms with E-state index in [1.54, 1.807) is 4.90 Å². The van der Waals surface area contributed by atoms with Gasteiger partial charge in [-0.3, -0.25) is 14.5 Å². The molecule has 0 N–H and O–H groups in total. The Balaban J connectivity index is 1.43. The van der Waals surface area contributed by atoms with Crippen molar-refractivity contribution in [2.24, 2.45) is 5.92 Å². The van der Waals surface area contributed by atoms with Gasteiger partial charge in [-0.15, -0.1) is 0 Å². The number of likely N-dealkylation sites (N-methyl/N-ethyl adjacent to an activating group) is 1. The SMILES string of the molecule is CC(C(=O)N(C)CC1CCN(Cc2ccccc2)CC1)N1CCCC1=O. The van der Waals surface area contributed by atoms with Gasteiger partial charge < -0.3 is 9.80 Å². The predicted octanol–water partition coefficient (Wildman–Crippen LogP) is 2.37. The molecule has 1 aromatic carbocycles. The molecule has 0 spiro atoms. The minimum atomic E-state index is -0.326. The number of amides is 2. The molecule has 3 rings (SSSR count). The monoisotopic (exact) mass is 357 g/mol. The average Bonchev–Trinajstić information content (AvgIpc) is 3.09. The van der Waals surface area contributed by atoms with Crippen molar-refractivity contribution in [2.75, 3.05) is 33.2 Å². The quantitative estimate of drug-likeness (QED) is 0.785. The first-order valence-electron chi connectivity index (χ1n) is 9.85. The van der Waals surface area contributed by atoms with E-state index in [0.717, 1.165) is 52.0 Å². The summed E-state index contributed by atoms with van der Waals surface area (Å²) in [5.41, 5.74) is 1.36. The van der Waals surface area contributed by atoms with Crippen molar-refractivity contribution in [2.45, 2.75) is 45.2 Å². The molecule has 0 bridgehead atoms. The van der Waals surface area contributed by atoms with Gasteiger partial charge in [0.1, 0.15) is 6.04 Å². The minimum absolute atomic E-state index is 0.0759. The van der Waals surface area contributed by atoms with Crippen LogP contribution < -0.4 is 0 Å². The Labute approximate surface area is 156 Å². The van der Waals surface area contributed by atoms with E-state index in [4.69, 9.17) is 0 Å². The fourth-order valence-electron chi connectivity index (χ4n) is 4.18. The molecule has 1 atom stereocenters. The fourth-order valence-corrected chi connectivity index (χ4v) is 4.18. The van der Waals surface area contributed by atoms with Crippen molar-refractivity contribution < 1.29 is 9.59 Å². The first kappa shape index (κ1) is 18.9. The van der Waals surface area contributed by atoms with E-state index >= 15 is 0 Å². The smallest absolute Gasteiger partial charge is 0.244 e. The first-order chi connectivity index (χ1) is 12.5. The topological polar surface area (TPSA) is 43.9 Å². The number of rotatable bonds is 6. The first-order valence-corrected chi connectivity index (χ1v) is 9.85. The van der Waals surface area contributed by atoms with Gasteiger partial charge in [0.05, 0.1) is 0 Å². The predicted molar refractivity (Wildman–Crippen MR) is 102 cm³/mol. The van der Waals surface area contributed by atoms with Crippen LogP contribution in [0.25, 0.3) is 0 Å². The molecule has 0 aliphatic carbocycles. The molecule has 5 heteroatoms. The molecule has 142 valence electrons. The lowest BCUT2D eigenvalue weighted by molar-refractivity contribution is -0.142. The molecule has 5 nitrogen and oxygen atoms in total. The van der Waals surface area contributed by atoms with Crippen LogP contribution in [0.3, 0.4) is 0 Å². The highest BCUT2D eigenvalue weighted by Gasteiger charge is 2.32. The second-order valence-electron chi connectivity index (χ2n) is 7.79. The summed E-state index contributed by atoms with van der Waals surface area (Å²) in [5.74, 6) is 0.748. The van der Waals surface area contributed by atoms with Crippen LogP contribution in [0.4, 0.5) is 0 Å². The van der Waals surface area contributed by atoms with Crippen LogP contribution in [-0.4, -0.2) is 65.8 Å². The molecule has 2 heterocycles. The zero-order valence-corrected chi connectivity index (χ0v) is 16.1. The Kier molecular flexibility index (Phi) is 6.30. The molecule has 0 radical (unpaired) electrons. The third-order valence-corrected chi connectivity index (χ3v) is 5.80. The second kappa shape index (κ2) is 8.67. The Bertz CT molecular complexity index is 611. The number of carbonyl (C=O) groups excluding carboxylic acids is 2. The summed E-state index contributed by atoms with van der Waals surface area (Å²) in [6.07, 6.45) is 3.71. The summed E-state index contributed by atoms with van der Waals surface area (Å²) >= 11 is 0. The van der Waals surface area contributed by atoms with Gasteiger partial charge in [0, 0.05) is 33.1 Å². The molecule has 1 unspecified atom stereocenters. The van der Waals surface area contributed by atoms with E-state index in [9.17, 15) is 9.59 Å². The average molecular weight is 357 g/mol. The highest BCUT2D eigenvalue weighted by Crippen LogP contribution is 2.21. The van der Waals surface area contributed by atoms with Gasteiger partial charge in [-0.05, 0) is 50.8 Å². The molecular weight excluding hydrogens is 326 g/mol. The summed E-state index contributed by atoms with van der Waals surface area (Å²) in [4.78, 5) is 30.6. The van der Waals surface area contributed by atoms with E-state index in [2.05, 4.69) is 35.2 Å². The van der Waals surface area contributed by atoms with Crippen LogP contribution in [0.15, 0.2) is 30.3 Å². The highest BCUT2D eigenvalue weighted by molar-refractivity contribution is 5.88. The van der Waals surface area contributed by atoms with Crippen molar-refractivity contribution in [3.8, 4) is 0 Å². The zero-order chi connectivity index (χ0) is 18.5.